The molecule has 1 saturated heterocycles. The number of ether oxygens (including phenoxy) is 1. The van der Waals surface area contributed by atoms with E-state index >= 15 is 0 Å². The van der Waals surface area contributed by atoms with Crippen molar-refractivity contribution in [1.82, 2.24) is 4.90 Å². The Morgan fingerprint density at radius 2 is 1.92 bits per heavy atom. The van der Waals surface area contributed by atoms with Gasteiger partial charge < -0.3 is 9.64 Å². The molecule has 4 nitrogen and oxygen atoms in total. The van der Waals surface area contributed by atoms with Crippen LogP contribution in [0.15, 0.2) is 30.3 Å². The van der Waals surface area contributed by atoms with Gasteiger partial charge in [-0.05, 0) is 24.3 Å². The third-order valence-electron chi connectivity index (χ3n) is 6.14. The molecule has 1 aliphatic heterocycles. The minimum atomic E-state index is -0.579. The van der Waals surface area contributed by atoms with E-state index in [1.807, 2.05) is 36.9 Å². The number of nitrogens with zero attached hydrogens (tertiary/aromatic N) is 1. The summed E-state index contributed by atoms with van der Waals surface area (Å²) in [6.45, 7) is 5.91. The number of piperidine rings is 1. The molecule has 24 heavy (non-hydrogen) atoms. The molecular weight excluding hydrogens is 302 g/mol. The van der Waals surface area contributed by atoms with E-state index in [9.17, 15) is 9.59 Å². The van der Waals surface area contributed by atoms with Crippen molar-refractivity contribution < 1.29 is 14.3 Å². The van der Waals surface area contributed by atoms with Crippen molar-refractivity contribution in [3.63, 3.8) is 0 Å². The molecule has 130 valence electrons. The molecule has 0 N–H and O–H groups in total. The van der Waals surface area contributed by atoms with Crippen molar-refractivity contribution in [3.8, 4) is 0 Å². The fraction of sp³-hybridized carbons (Fsp3) is 0.600. The topological polar surface area (TPSA) is 46.6 Å². The van der Waals surface area contributed by atoms with Gasteiger partial charge in [0.2, 0.25) is 5.91 Å². The van der Waals surface area contributed by atoms with Crippen LogP contribution in [0.1, 0.15) is 38.7 Å². The lowest BCUT2D eigenvalue weighted by atomic mass is 9.50. The average Bonchev–Trinajstić information content (AvgIpc) is 2.59. The molecule has 4 heteroatoms. The summed E-state index contributed by atoms with van der Waals surface area (Å²) in [7, 11) is 1.66. The smallest absolute Gasteiger partial charge is 0.233 e. The fourth-order valence-electron chi connectivity index (χ4n) is 4.77. The lowest BCUT2D eigenvalue weighted by molar-refractivity contribution is -0.157. The number of likely N-dealkylation sites (tertiary alicyclic amines) is 1. The number of Topliss-reactive ketones (excluding diaryl/α,β-unsaturated/α-hetero) is 1. The zero-order valence-electron chi connectivity index (χ0n) is 14.9. The van der Waals surface area contributed by atoms with Crippen molar-refractivity contribution in [2.75, 3.05) is 26.8 Å². The largest absolute Gasteiger partial charge is 0.383 e. The number of ketones is 1. The zero-order valence-corrected chi connectivity index (χ0v) is 14.9. The van der Waals surface area contributed by atoms with E-state index in [4.69, 9.17) is 4.74 Å². The molecule has 1 saturated carbocycles. The van der Waals surface area contributed by atoms with Gasteiger partial charge in [0.25, 0.3) is 0 Å². The Morgan fingerprint density at radius 3 is 2.58 bits per heavy atom. The molecule has 1 heterocycles. The van der Waals surface area contributed by atoms with Gasteiger partial charge in [-0.3, -0.25) is 9.59 Å². The Hall–Kier alpha value is -1.68. The van der Waals surface area contributed by atoms with E-state index < -0.39 is 10.8 Å². The lowest BCUT2D eigenvalue weighted by Crippen LogP contribution is -2.63. The second-order valence-electron chi connectivity index (χ2n) is 7.61. The molecule has 3 rings (SSSR count). The summed E-state index contributed by atoms with van der Waals surface area (Å²) in [5, 5.41) is 0. The average molecular weight is 329 g/mol. The van der Waals surface area contributed by atoms with Crippen LogP contribution in [0.3, 0.4) is 0 Å². The summed E-state index contributed by atoms with van der Waals surface area (Å²) in [6, 6.07) is 10.1. The summed E-state index contributed by atoms with van der Waals surface area (Å²) in [4.78, 5) is 28.0. The number of carbonyl (C=O) groups excluding carboxylic acids is 2. The van der Waals surface area contributed by atoms with Crippen LogP contribution < -0.4 is 0 Å². The Morgan fingerprint density at radius 1 is 1.21 bits per heavy atom. The van der Waals surface area contributed by atoms with E-state index in [2.05, 4.69) is 12.1 Å². The molecule has 0 unspecified atom stereocenters. The maximum atomic E-state index is 13.5. The minimum absolute atomic E-state index is 0.0555. The molecule has 1 amide bonds. The van der Waals surface area contributed by atoms with Crippen LogP contribution in [-0.2, 0) is 19.7 Å². The van der Waals surface area contributed by atoms with Crippen LogP contribution >= 0.6 is 0 Å². The summed E-state index contributed by atoms with van der Waals surface area (Å²) < 4.78 is 5.18. The molecule has 2 atom stereocenters. The van der Waals surface area contributed by atoms with Crippen LogP contribution in [0, 0.1) is 11.3 Å². The quantitative estimate of drug-likeness (QED) is 0.853. The Balaban J connectivity index is 2.07. The number of methoxy groups -OCH3 is 1. The normalized spacial score (nSPS) is 29.5. The number of carbonyl (C=O) groups is 2. The van der Waals surface area contributed by atoms with Crippen molar-refractivity contribution >= 4 is 11.7 Å². The van der Waals surface area contributed by atoms with Crippen LogP contribution in [-0.4, -0.2) is 43.4 Å². The maximum Gasteiger partial charge on any atom is 0.233 e. The van der Waals surface area contributed by atoms with Crippen molar-refractivity contribution in [2.45, 2.75) is 38.5 Å². The number of amides is 1. The molecule has 2 aliphatic rings. The third kappa shape index (κ3) is 2.48. The van der Waals surface area contributed by atoms with Gasteiger partial charge >= 0.3 is 0 Å². The lowest BCUT2D eigenvalue weighted by Gasteiger charge is -2.55. The molecule has 0 aromatic heterocycles. The number of rotatable bonds is 4. The summed E-state index contributed by atoms with van der Waals surface area (Å²) in [5.41, 5.74) is 0.0181. The summed E-state index contributed by atoms with van der Waals surface area (Å²) >= 11 is 0. The van der Waals surface area contributed by atoms with Crippen molar-refractivity contribution in [2.24, 2.45) is 11.3 Å². The van der Waals surface area contributed by atoms with E-state index in [0.717, 1.165) is 12.0 Å². The van der Waals surface area contributed by atoms with E-state index in [1.54, 1.807) is 7.11 Å². The van der Waals surface area contributed by atoms with Gasteiger partial charge in [0.1, 0.15) is 5.78 Å². The molecule has 2 fully saturated rings. The van der Waals surface area contributed by atoms with E-state index in [-0.39, 0.29) is 17.6 Å². The fourth-order valence-corrected chi connectivity index (χ4v) is 4.77. The highest BCUT2D eigenvalue weighted by atomic mass is 16.5. The summed E-state index contributed by atoms with van der Waals surface area (Å²) in [6.07, 6.45) is 1.96. The summed E-state index contributed by atoms with van der Waals surface area (Å²) in [5.74, 6) is 0.514. The van der Waals surface area contributed by atoms with Crippen LogP contribution in [0.25, 0.3) is 0 Å². The minimum Gasteiger partial charge on any atom is -0.383 e. The highest BCUT2D eigenvalue weighted by Gasteiger charge is 2.60. The predicted molar refractivity (Wildman–Crippen MR) is 92.7 cm³/mol. The second-order valence-corrected chi connectivity index (χ2v) is 7.61. The van der Waals surface area contributed by atoms with Gasteiger partial charge in [-0.15, -0.1) is 0 Å². The standard InChI is InChI=1S/C20H27NO3/c1-19(2)16-10-12-21(13-14-24-3)18(23)20(16,11-9-17(19)22)15-7-5-4-6-8-15/h4-8,16H,9-14H2,1-3H3/t16-,20+/m0/s1. The Labute approximate surface area is 144 Å². The van der Waals surface area contributed by atoms with Gasteiger partial charge in [-0.25, -0.2) is 0 Å². The van der Waals surface area contributed by atoms with Crippen LogP contribution in [0.5, 0.6) is 0 Å². The molecule has 1 aromatic rings. The molecule has 0 bridgehead atoms. The van der Waals surface area contributed by atoms with Crippen LogP contribution in [0.4, 0.5) is 0 Å². The Kier molecular flexibility index (Phi) is 4.52. The SMILES string of the molecule is COCCN1CC[C@H]2C(C)(C)C(=O)CC[C@]2(c2ccccc2)C1=O. The van der Waals surface area contributed by atoms with Gasteiger partial charge in [0.15, 0.2) is 0 Å². The monoisotopic (exact) mass is 329 g/mol. The van der Waals surface area contributed by atoms with Gasteiger partial charge in [-0.2, -0.15) is 0 Å². The number of hydrogen-bond acceptors (Lipinski definition) is 3. The molecule has 1 aliphatic carbocycles. The van der Waals surface area contributed by atoms with E-state index in [1.165, 1.54) is 0 Å². The molecule has 0 radical (unpaired) electrons. The molecule has 0 spiro atoms. The highest BCUT2D eigenvalue weighted by Crippen LogP contribution is 2.55. The van der Waals surface area contributed by atoms with Gasteiger partial charge in [0, 0.05) is 32.0 Å². The van der Waals surface area contributed by atoms with Crippen molar-refractivity contribution in [3.05, 3.63) is 35.9 Å². The van der Waals surface area contributed by atoms with Crippen molar-refractivity contribution in [1.29, 1.82) is 0 Å². The number of hydrogen-bond donors (Lipinski definition) is 0. The molecule has 1 aromatic carbocycles. The number of fused-ring (bicyclic) bond motifs is 1. The van der Waals surface area contributed by atoms with E-state index in [0.29, 0.717) is 32.5 Å². The maximum absolute atomic E-state index is 13.5. The predicted octanol–water partition coefficient (Wildman–Crippen LogP) is 2.81. The molecular formula is C20H27NO3. The first-order valence-electron chi connectivity index (χ1n) is 8.81. The first-order chi connectivity index (χ1) is 11.4. The Bertz CT molecular complexity index is 625. The number of benzene rings is 1. The van der Waals surface area contributed by atoms with Crippen LogP contribution in [0.2, 0.25) is 0 Å². The first-order valence-corrected chi connectivity index (χ1v) is 8.81. The van der Waals surface area contributed by atoms with Gasteiger partial charge in [0.05, 0.1) is 12.0 Å². The second kappa shape index (κ2) is 6.32. The highest BCUT2D eigenvalue weighted by molar-refractivity contribution is 5.95. The zero-order chi connectivity index (χ0) is 17.4. The third-order valence-corrected chi connectivity index (χ3v) is 6.14. The first kappa shape index (κ1) is 17.2. The van der Waals surface area contributed by atoms with Gasteiger partial charge in [-0.1, -0.05) is 44.2 Å².